The zero-order chi connectivity index (χ0) is 15.8. The second kappa shape index (κ2) is 11.6. The minimum Gasteiger partial charge on any atom is -0.174 e. The molecule has 0 aromatic rings. The summed E-state index contributed by atoms with van der Waals surface area (Å²) in [6, 6.07) is 0. The first-order chi connectivity index (χ1) is 10.0. The van der Waals surface area contributed by atoms with Crippen molar-refractivity contribution in [2.24, 2.45) is 0 Å². The molecule has 0 saturated carbocycles. The monoisotopic (exact) mass is 402 g/mol. The fourth-order valence-corrected chi connectivity index (χ4v) is 10.6. The van der Waals surface area contributed by atoms with Crippen LogP contribution in [0, 0.1) is 0 Å². The third-order valence-corrected chi connectivity index (χ3v) is 12.0. The van der Waals surface area contributed by atoms with E-state index in [-0.39, 0.29) is 0 Å². The van der Waals surface area contributed by atoms with Gasteiger partial charge in [-0.2, -0.15) is 37.9 Å². The van der Waals surface area contributed by atoms with Crippen LogP contribution in [-0.2, 0) is 0 Å². The molecule has 0 aliphatic carbocycles. The van der Waals surface area contributed by atoms with E-state index in [0.717, 1.165) is 0 Å². The van der Waals surface area contributed by atoms with Crippen LogP contribution in [-0.4, -0.2) is 29.5 Å². The molecular weight excluding hydrogens is 373 g/mol. The topological polar surface area (TPSA) is 0 Å². The van der Waals surface area contributed by atoms with Crippen molar-refractivity contribution in [1.29, 1.82) is 0 Å². The summed E-state index contributed by atoms with van der Waals surface area (Å²) in [5.41, 5.74) is 0. The van der Waals surface area contributed by atoms with Gasteiger partial charge in [0, 0.05) is 15.7 Å². The molecule has 0 radical (unpaired) electrons. The minimum atomic E-state index is 0.486. The van der Waals surface area contributed by atoms with Gasteiger partial charge in [0.1, 0.15) is 0 Å². The Labute approximate surface area is 161 Å². The fourth-order valence-electron chi connectivity index (χ4n) is 2.33. The predicted molar refractivity (Wildman–Crippen MR) is 117 cm³/mol. The van der Waals surface area contributed by atoms with Gasteiger partial charge in [0.15, 0.2) is 0 Å². The molecule has 0 spiro atoms. The second-order valence-corrected chi connectivity index (χ2v) is 12.3. The van der Waals surface area contributed by atoms with E-state index in [1.807, 2.05) is 0 Å². The van der Waals surface area contributed by atoms with E-state index in [1.165, 1.54) is 38.5 Å². The smallest absolute Gasteiger partial charge is 0.0641 e. The Morgan fingerprint density at radius 3 is 1.05 bits per heavy atom. The number of rotatable bonds is 9. The van der Waals surface area contributed by atoms with E-state index in [4.69, 9.17) is 37.9 Å². The van der Waals surface area contributed by atoms with Gasteiger partial charge < -0.3 is 0 Å². The Morgan fingerprint density at radius 2 is 0.857 bits per heavy atom. The second-order valence-electron chi connectivity index (χ2n) is 5.58. The zero-order valence-electron chi connectivity index (χ0n) is 13.3. The summed E-state index contributed by atoms with van der Waals surface area (Å²) in [6.45, 7) is 6.76. The predicted octanol–water partition coefficient (Wildman–Crippen LogP) is 6.47. The van der Waals surface area contributed by atoms with Gasteiger partial charge >= 0.3 is 0 Å². The van der Waals surface area contributed by atoms with Crippen LogP contribution in [0.1, 0.15) is 59.3 Å². The lowest BCUT2D eigenvalue weighted by atomic mass is 10.3. The van der Waals surface area contributed by atoms with Crippen LogP contribution in [0.2, 0.25) is 0 Å². The van der Waals surface area contributed by atoms with Crippen molar-refractivity contribution < 1.29 is 0 Å². The SMILES string of the molecule is CCCC(S)C1SC(C(S)CCC)SC(C(S)CCC)S1. The highest BCUT2D eigenvalue weighted by Crippen LogP contribution is 2.54. The zero-order valence-corrected chi connectivity index (χ0v) is 18.4. The van der Waals surface area contributed by atoms with Crippen LogP contribution in [0.15, 0.2) is 0 Å². The molecule has 3 atom stereocenters. The van der Waals surface area contributed by atoms with Crippen LogP contribution >= 0.6 is 73.2 Å². The Morgan fingerprint density at radius 1 is 0.619 bits per heavy atom. The molecule has 0 N–H and O–H groups in total. The summed E-state index contributed by atoms with van der Waals surface area (Å²) in [4.78, 5) is 0. The molecular formula is C15H30S6. The van der Waals surface area contributed by atoms with Crippen LogP contribution < -0.4 is 0 Å². The van der Waals surface area contributed by atoms with Crippen LogP contribution in [0.5, 0.6) is 0 Å². The Kier molecular flexibility index (Phi) is 11.7. The highest BCUT2D eigenvalue weighted by atomic mass is 32.3. The molecule has 0 nitrogen and oxygen atoms in total. The third kappa shape index (κ3) is 7.25. The summed E-state index contributed by atoms with van der Waals surface area (Å²) < 4.78 is 1.76. The van der Waals surface area contributed by atoms with Crippen molar-refractivity contribution in [3.05, 3.63) is 0 Å². The summed E-state index contributed by atoms with van der Waals surface area (Å²) in [7, 11) is 0. The Balaban J connectivity index is 2.72. The van der Waals surface area contributed by atoms with Gasteiger partial charge in [-0.25, -0.2) is 0 Å². The average molecular weight is 403 g/mol. The quantitative estimate of drug-likeness (QED) is 0.378. The minimum absolute atomic E-state index is 0.486. The molecule has 1 rings (SSSR count). The summed E-state index contributed by atoms with van der Waals surface area (Å²) in [5.74, 6) is 0. The molecule has 0 bridgehead atoms. The maximum Gasteiger partial charge on any atom is 0.0641 e. The first-order valence-electron chi connectivity index (χ1n) is 8.03. The summed E-state index contributed by atoms with van der Waals surface area (Å²) in [6.07, 6.45) is 7.25. The molecule has 0 aromatic heterocycles. The first-order valence-corrected chi connectivity index (χ1v) is 12.4. The highest BCUT2D eigenvalue weighted by molar-refractivity contribution is 8.34. The van der Waals surface area contributed by atoms with Gasteiger partial charge in [-0.15, -0.1) is 35.3 Å². The number of hydrogen-bond donors (Lipinski definition) is 3. The van der Waals surface area contributed by atoms with Crippen molar-refractivity contribution >= 4 is 73.2 Å². The van der Waals surface area contributed by atoms with E-state index < -0.39 is 0 Å². The molecule has 126 valence electrons. The van der Waals surface area contributed by atoms with Crippen molar-refractivity contribution in [3.63, 3.8) is 0 Å². The lowest BCUT2D eigenvalue weighted by Crippen LogP contribution is -2.33. The van der Waals surface area contributed by atoms with E-state index in [1.54, 1.807) is 0 Å². The Bertz CT molecular complexity index is 226. The molecule has 0 aromatic carbocycles. The van der Waals surface area contributed by atoms with Gasteiger partial charge in [-0.3, -0.25) is 0 Å². The maximum atomic E-state index is 4.87. The largest absolute Gasteiger partial charge is 0.174 e. The molecule has 3 unspecified atom stereocenters. The van der Waals surface area contributed by atoms with Gasteiger partial charge in [0.25, 0.3) is 0 Å². The Hall–Kier alpha value is 2.10. The van der Waals surface area contributed by atoms with E-state index in [9.17, 15) is 0 Å². The molecule has 1 aliphatic rings. The fraction of sp³-hybridized carbons (Fsp3) is 1.00. The van der Waals surface area contributed by atoms with E-state index >= 15 is 0 Å². The molecule has 1 aliphatic heterocycles. The lowest BCUT2D eigenvalue weighted by Gasteiger charge is -2.40. The van der Waals surface area contributed by atoms with Gasteiger partial charge in [-0.05, 0) is 19.3 Å². The molecule has 0 amide bonds. The maximum absolute atomic E-state index is 4.87. The highest BCUT2D eigenvalue weighted by Gasteiger charge is 2.38. The molecule has 6 heteroatoms. The summed E-state index contributed by atoms with van der Waals surface area (Å²) >= 11 is 20.9. The molecule has 1 heterocycles. The van der Waals surface area contributed by atoms with Crippen molar-refractivity contribution in [2.45, 2.75) is 88.8 Å². The molecule has 1 saturated heterocycles. The van der Waals surface area contributed by atoms with Gasteiger partial charge in [-0.1, -0.05) is 40.0 Å². The summed E-state index contributed by atoms with van der Waals surface area (Å²) in [5, 5.41) is 1.46. The van der Waals surface area contributed by atoms with Crippen LogP contribution in [0.25, 0.3) is 0 Å². The number of hydrogen-bond acceptors (Lipinski definition) is 6. The third-order valence-electron chi connectivity index (χ3n) is 3.50. The van der Waals surface area contributed by atoms with Crippen molar-refractivity contribution in [3.8, 4) is 0 Å². The van der Waals surface area contributed by atoms with Gasteiger partial charge in [0.2, 0.25) is 0 Å². The van der Waals surface area contributed by atoms with Gasteiger partial charge in [0.05, 0.1) is 13.7 Å². The lowest BCUT2D eigenvalue weighted by molar-refractivity contribution is 0.755. The average Bonchev–Trinajstić information content (AvgIpc) is 2.47. The molecule has 1 fully saturated rings. The number of thiol groups is 3. The standard InChI is InChI=1S/C15H30S6/c1-4-7-10(16)13-19-14(11(17)8-5-2)21-15(20-13)12(18)9-6-3/h10-18H,4-9H2,1-3H3. The number of thioether (sulfide) groups is 3. The first kappa shape index (κ1) is 21.1. The van der Waals surface area contributed by atoms with Crippen LogP contribution in [0.4, 0.5) is 0 Å². The van der Waals surface area contributed by atoms with E-state index in [2.05, 4.69) is 56.1 Å². The van der Waals surface area contributed by atoms with Crippen molar-refractivity contribution in [1.82, 2.24) is 0 Å². The van der Waals surface area contributed by atoms with Crippen molar-refractivity contribution in [2.75, 3.05) is 0 Å². The van der Waals surface area contributed by atoms with E-state index in [0.29, 0.717) is 29.5 Å². The molecule has 21 heavy (non-hydrogen) atoms. The van der Waals surface area contributed by atoms with Crippen LogP contribution in [0.3, 0.4) is 0 Å². The normalized spacial score (nSPS) is 30.9.